The standard InChI is InChI=1S/C12H15ClN2O4S/c1-4-5-9(3)14-20(18,19)12-7-11(15(16)17)10(13)6-8(12)2/h4,6-7,9,14H,1,5H2,2-3H3. The van der Waals surface area contributed by atoms with E-state index in [0.717, 1.165) is 6.07 Å². The van der Waals surface area contributed by atoms with E-state index in [1.54, 1.807) is 13.0 Å². The maximum Gasteiger partial charge on any atom is 0.289 e. The lowest BCUT2D eigenvalue weighted by atomic mass is 10.2. The number of hydrogen-bond donors (Lipinski definition) is 1. The van der Waals surface area contributed by atoms with Crippen molar-refractivity contribution in [3.05, 3.63) is 45.5 Å². The summed E-state index contributed by atoms with van der Waals surface area (Å²) in [6.45, 7) is 6.74. The molecule has 0 aliphatic carbocycles. The second-order valence-electron chi connectivity index (χ2n) is 4.37. The molecule has 0 radical (unpaired) electrons. The van der Waals surface area contributed by atoms with Crippen molar-refractivity contribution in [3.8, 4) is 0 Å². The van der Waals surface area contributed by atoms with Crippen molar-refractivity contribution in [2.45, 2.75) is 31.2 Å². The molecule has 0 bridgehead atoms. The molecule has 0 aliphatic rings. The van der Waals surface area contributed by atoms with Crippen molar-refractivity contribution in [1.29, 1.82) is 0 Å². The zero-order chi connectivity index (χ0) is 15.5. The molecule has 0 fully saturated rings. The number of benzene rings is 1. The van der Waals surface area contributed by atoms with E-state index in [9.17, 15) is 18.5 Å². The van der Waals surface area contributed by atoms with Gasteiger partial charge in [-0.2, -0.15) is 0 Å². The maximum atomic E-state index is 12.2. The molecule has 1 unspecified atom stereocenters. The van der Waals surface area contributed by atoms with E-state index >= 15 is 0 Å². The lowest BCUT2D eigenvalue weighted by Gasteiger charge is -2.14. The highest BCUT2D eigenvalue weighted by molar-refractivity contribution is 7.89. The summed E-state index contributed by atoms with van der Waals surface area (Å²) >= 11 is 5.73. The summed E-state index contributed by atoms with van der Waals surface area (Å²) in [6.07, 6.45) is 2.04. The summed E-state index contributed by atoms with van der Waals surface area (Å²) < 4.78 is 26.9. The maximum absolute atomic E-state index is 12.2. The minimum absolute atomic E-state index is 0.0920. The van der Waals surface area contributed by atoms with Gasteiger partial charge >= 0.3 is 0 Å². The molecule has 1 rings (SSSR count). The summed E-state index contributed by atoms with van der Waals surface area (Å²) in [6, 6.07) is 1.89. The minimum atomic E-state index is -3.85. The number of nitrogens with zero attached hydrogens (tertiary/aromatic N) is 1. The number of hydrogen-bond acceptors (Lipinski definition) is 4. The monoisotopic (exact) mass is 318 g/mol. The number of nitro groups is 1. The third-order valence-corrected chi connectivity index (χ3v) is 4.64. The van der Waals surface area contributed by atoms with Crippen molar-refractivity contribution < 1.29 is 13.3 Å². The van der Waals surface area contributed by atoms with Gasteiger partial charge in [-0.05, 0) is 31.9 Å². The number of nitro benzene ring substituents is 1. The van der Waals surface area contributed by atoms with E-state index in [1.165, 1.54) is 13.0 Å². The summed E-state index contributed by atoms with van der Waals surface area (Å²) in [7, 11) is -3.85. The van der Waals surface area contributed by atoms with Gasteiger partial charge in [0.1, 0.15) is 5.02 Å². The van der Waals surface area contributed by atoms with Gasteiger partial charge in [0, 0.05) is 12.1 Å². The molecule has 0 spiro atoms. The third-order valence-electron chi connectivity index (χ3n) is 2.61. The average molecular weight is 319 g/mol. The summed E-state index contributed by atoms with van der Waals surface area (Å²) in [5.41, 5.74) is -0.0899. The largest absolute Gasteiger partial charge is 0.289 e. The topological polar surface area (TPSA) is 89.3 Å². The Hall–Kier alpha value is -1.44. The van der Waals surface area contributed by atoms with Crippen LogP contribution in [0.25, 0.3) is 0 Å². The van der Waals surface area contributed by atoms with Crippen LogP contribution in [0.3, 0.4) is 0 Å². The number of sulfonamides is 1. The van der Waals surface area contributed by atoms with Gasteiger partial charge in [0.25, 0.3) is 5.69 Å². The lowest BCUT2D eigenvalue weighted by Crippen LogP contribution is -2.32. The zero-order valence-corrected chi connectivity index (χ0v) is 12.7. The summed E-state index contributed by atoms with van der Waals surface area (Å²) in [5, 5.41) is 10.7. The minimum Gasteiger partial charge on any atom is -0.258 e. The van der Waals surface area contributed by atoms with Crippen LogP contribution in [-0.2, 0) is 10.0 Å². The second-order valence-corrected chi connectivity index (χ2v) is 6.46. The molecule has 0 amide bonds. The Bertz CT molecular complexity index is 643. The van der Waals surface area contributed by atoms with Crippen LogP contribution in [0, 0.1) is 17.0 Å². The Morgan fingerprint density at radius 3 is 2.65 bits per heavy atom. The van der Waals surface area contributed by atoms with Crippen LogP contribution in [0.4, 0.5) is 5.69 Å². The molecule has 0 aromatic heterocycles. The van der Waals surface area contributed by atoms with E-state index in [0.29, 0.717) is 12.0 Å². The van der Waals surface area contributed by atoms with Crippen LogP contribution < -0.4 is 4.72 Å². The van der Waals surface area contributed by atoms with Crippen LogP contribution in [0.15, 0.2) is 29.7 Å². The predicted octanol–water partition coefficient (Wildman–Crippen LogP) is 2.80. The smallest absolute Gasteiger partial charge is 0.258 e. The van der Waals surface area contributed by atoms with Crippen molar-refractivity contribution in [3.63, 3.8) is 0 Å². The van der Waals surface area contributed by atoms with Gasteiger partial charge in [0.2, 0.25) is 10.0 Å². The molecular formula is C12H15ClN2O4S. The van der Waals surface area contributed by atoms with Crippen molar-refractivity contribution in [1.82, 2.24) is 4.72 Å². The van der Waals surface area contributed by atoms with E-state index < -0.39 is 20.6 Å². The molecule has 0 aliphatic heterocycles. The van der Waals surface area contributed by atoms with Gasteiger partial charge in [-0.15, -0.1) is 6.58 Å². The fourth-order valence-electron chi connectivity index (χ4n) is 1.70. The number of nitrogens with one attached hydrogen (secondary N) is 1. The van der Waals surface area contributed by atoms with Gasteiger partial charge < -0.3 is 0 Å². The molecule has 110 valence electrons. The van der Waals surface area contributed by atoms with E-state index in [4.69, 9.17) is 11.6 Å². The molecule has 1 aromatic rings. The van der Waals surface area contributed by atoms with Crippen molar-refractivity contribution >= 4 is 27.3 Å². The zero-order valence-electron chi connectivity index (χ0n) is 11.1. The highest BCUT2D eigenvalue weighted by Gasteiger charge is 2.24. The molecule has 8 heteroatoms. The van der Waals surface area contributed by atoms with Gasteiger partial charge in [-0.25, -0.2) is 13.1 Å². The Morgan fingerprint density at radius 1 is 1.55 bits per heavy atom. The van der Waals surface area contributed by atoms with Gasteiger partial charge in [0.05, 0.1) is 9.82 Å². The third kappa shape index (κ3) is 3.78. The van der Waals surface area contributed by atoms with Crippen LogP contribution in [0.5, 0.6) is 0 Å². The Balaban J connectivity index is 3.28. The van der Waals surface area contributed by atoms with Crippen LogP contribution in [0.2, 0.25) is 5.02 Å². The van der Waals surface area contributed by atoms with Crippen LogP contribution in [-0.4, -0.2) is 19.4 Å². The molecular weight excluding hydrogens is 304 g/mol. The van der Waals surface area contributed by atoms with Gasteiger partial charge in [-0.3, -0.25) is 10.1 Å². The quantitative estimate of drug-likeness (QED) is 0.496. The second kappa shape index (κ2) is 6.34. The molecule has 1 aromatic carbocycles. The first kappa shape index (κ1) is 16.6. The van der Waals surface area contributed by atoms with E-state index in [2.05, 4.69) is 11.3 Å². The van der Waals surface area contributed by atoms with Crippen molar-refractivity contribution in [2.24, 2.45) is 0 Å². The molecule has 0 saturated heterocycles. The molecule has 0 heterocycles. The average Bonchev–Trinajstić information content (AvgIpc) is 2.27. The first-order chi connectivity index (χ1) is 9.19. The molecule has 20 heavy (non-hydrogen) atoms. The number of halogens is 1. The number of rotatable bonds is 6. The van der Waals surface area contributed by atoms with Gasteiger partial charge in [0.15, 0.2) is 0 Å². The first-order valence-electron chi connectivity index (χ1n) is 5.76. The van der Waals surface area contributed by atoms with Crippen LogP contribution in [0.1, 0.15) is 18.9 Å². The Labute approximate surface area is 122 Å². The summed E-state index contributed by atoms with van der Waals surface area (Å²) in [4.78, 5) is 9.97. The van der Waals surface area contributed by atoms with Crippen molar-refractivity contribution in [2.75, 3.05) is 0 Å². The van der Waals surface area contributed by atoms with E-state index in [-0.39, 0.29) is 16.0 Å². The van der Waals surface area contributed by atoms with Gasteiger partial charge in [-0.1, -0.05) is 17.7 Å². The molecule has 1 N–H and O–H groups in total. The van der Waals surface area contributed by atoms with Crippen LogP contribution >= 0.6 is 11.6 Å². The van der Waals surface area contributed by atoms with E-state index in [1.807, 2.05) is 0 Å². The Kier molecular flexibility index (Phi) is 5.27. The predicted molar refractivity (Wildman–Crippen MR) is 77.4 cm³/mol. The Morgan fingerprint density at radius 2 is 2.15 bits per heavy atom. The normalized spacial score (nSPS) is 12.9. The molecule has 6 nitrogen and oxygen atoms in total. The highest BCUT2D eigenvalue weighted by atomic mass is 35.5. The molecule has 1 atom stereocenters. The highest BCUT2D eigenvalue weighted by Crippen LogP contribution is 2.30. The fraction of sp³-hybridized carbons (Fsp3) is 0.333. The SMILES string of the molecule is C=CCC(C)NS(=O)(=O)c1cc([N+](=O)[O-])c(Cl)cc1C. The number of aryl methyl sites for hydroxylation is 1. The first-order valence-corrected chi connectivity index (χ1v) is 7.63. The fourth-order valence-corrected chi connectivity index (χ4v) is 3.49. The molecule has 0 saturated carbocycles. The summed E-state index contributed by atoms with van der Waals surface area (Å²) in [5.74, 6) is 0. The lowest BCUT2D eigenvalue weighted by molar-refractivity contribution is -0.384.